The number of carboxylic acid groups (broad SMARTS) is 1. The Balaban J connectivity index is 2.04. The van der Waals surface area contributed by atoms with Crippen LogP contribution in [0.5, 0.6) is 0 Å². The van der Waals surface area contributed by atoms with E-state index < -0.39 is 17.9 Å². The molecule has 2 N–H and O–H groups in total. The van der Waals surface area contributed by atoms with Crippen molar-refractivity contribution in [2.75, 3.05) is 0 Å². The van der Waals surface area contributed by atoms with Crippen molar-refractivity contribution in [3.8, 4) is 0 Å². The van der Waals surface area contributed by atoms with Gasteiger partial charge in [-0.25, -0.2) is 14.2 Å². The molecule has 1 amide bonds. The minimum atomic E-state index is -1.07. The van der Waals surface area contributed by atoms with Crippen LogP contribution < -0.4 is 5.32 Å². The molecule has 1 aromatic carbocycles. The number of hydrogen-bond acceptors (Lipinski definition) is 4. The molecule has 23 heavy (non-hydrogen) atoms. The van der Waals surface area contributed by atoms with E-state index in [9.17, 15) is 14.0 Å². The average molecular weight is 336 g/mol. The van der Waals surface area contributed by atoms with Crippen LogP contribution in [0.3, 0.4) is 0 Å². The third kappa shape index (κ3) is 4.59. The van der Waals surface area contributed by atoms with Gasteiger partial charge < -0.3 is 10.4 Å². The highest BCUT2D eigenvalue weighted by Gasteiger charge is 2.24. The van der Waals surface area contributed by atoms with Crippen LogP contribution in [-0.4, -0.2) is 28.0 Å². The Hall–Kier alpha value is -2.28. The predicted octanol–water partition coefficient (Wildman–Crippen LogP) is 2.71. The Bertz CT molecular complexity index is 698. The van der Waals surface area contributed by atoms with E-state index in [-0.39, 0.29) is 17.4 Å². The second-order valence-electron chi connectivity index (χ2n) is 5.46. The zero-order valence-corrected chi connectivity index (χ0v) is 13.6. The summed E-state index contributed by atoms with van der Waals surface area (Å²) < 4.78 is 12.9. The third-order valence-electron chi connectivity index (χ3n) is 3.27. The maximum atomic E-state index is 12.9. The average Bonchev–Trinajstić information content (AvgIpc) is 2.95. The monoisotopic (exact) mass is 336 g/mol. The van der Waals surface area contributed by atoms with Gasteiger partial charge in [0.15, 0.2) is 0 Å². The van der Waals surface area contributed by atoms with Gasteiger partial charge >= 0.3 is 5.97 Å². The van der Waals surface area contributed by atoms with Gasteiger partial charge in [0.05, 0.1) is 5.01 Å². The van der Waals surface area contributed by atoms with E-state index in [4.69, 9.17) is 5.11 Å². The maximum absolute atomic E-state index is 12.9. The van der Waals surface area contributed by atoms with Gasteiger partial charge in [0.25, 0.3) is 5.91 Å². The molecule has 0 aliphatic rings. The van der Waals surface area contributed by atoms with Crippen molar-refractivity contribution in [1.29, 1.82) is 0 Å². The number of aromatic nitrogens is 1. The highest BCUT2D eigenvalue weighted by Crippen LogP contribution is 2.16. The normalized spacial score (nSPS) is 12.2. The minimum absolute atomic E-state index is 0.194. The lowest BCUT2D eigenvalue weighted by Gasteiger charge is -2.16. The molecule has 0 aliphatic carbocycles. The van der Waals surface area contributed by atoms with Crippen LogP contribution in [0.1, 0.15) is 34.9 Å². The Kier molecular flexibility index (Phi) is 5.44. The first-order chi connectivity index (χ1) is 10.9. The van der Waals surface area contributed by atoms with Crippen molar-refractivity contribution in [2.45, 2.75) is 26.3 Å². The van der Waals surface area contributed by atoms with E-state index >= 15 is 0 Å². The highest BCUT2D eigenvalue weighted by molar-refractivity contribution is 7.09. The second-order valence-corrected chi connectivity index (χ2v) is 6.41. The quantitative estimate of drug-likeness (QED) is 0.850. The smallest absolute Gasteiger partial charge is 0.326 e. The number of aliphatic carboxylic acids is 1. The molecule has 2 rings (SSSR count). The molecule has 122 valence electrons. The third-order valence-corrected chi connectivity index (χ3v) is 4.12. The SMILES string of the molecule is CC(C)[C@H](NC(=O)c1csc(Cc2ccc(F)cc2)n1)C(=O)O. The van der Waals surface area contributed by atoms with Gasteiger partial charge in [-0.05, 0) is 23.6 Å². The molecule has 0 unspecified atom stereocenters. The largest absolute Gasteiger partial charge is 0.480 e. The van der Waals surface area contributed by atoms with E-state index in [1.54, 1.807) is 31.4 Å². The number of thiazole rings is 1. The van der Waals surface area contributed by atoms with Gasteiger partial charge in [-0.3, -0.25) is 4.79 Å². The van der Waals surface area contributed by atoms with Crippen LogP contribution in [0, 0.1) is 11.7 Å². The summed E-state index contributed by atoms with van der Waals surface area (Å²) in [6.45, 7) is 3.44. The number of carboxylic acids is 1. The lowest BCUT2D eigenvalue weighted by molar-refractivity contribution is -0.140. The van der Waals surface area contributed by atoms with Gasteiger partial charge in [0, 0.05) is 11.8 Å². The fourth-order valence-electron chi connectivity index (χ4n) is 2.00. The van der Waals surface area contributed by atoms with Crippen molar-refractivity contribution in [3.63, 3.8) is 0 Å². The minimum Gasteiger partial charge on any atom is -0.480 e. The Morgan fingerprint density at radius 2 is 1.96 bits per heavy atom. The molecule has 0 bridgehead atoms. The number of halogens is 1. The number of carbonyl (C=O) groups is 2. The Morgan fingerprint density at radius 1 is 1.30 bits per heavy atom. The molecular formula is C16H17FN2O3S. The molecule has 2 aromatic rings. The van der Waals surface area contributed by atoms with Gasteiger partial charge in [0.1, 0.15) is 17.6 Å². The number of rotatable bonds is 6. The van der Waals surface area contributed by atoms with Crippen LogP contribution in [-0.2, 0) is 11.2 Å². The number of nitrogens with zero attached hydrogens (tertiary/aromatic N) is 1. The summed E-state index contributed by atoms with van der Waals surface area (Å²) in [5, 5.41) is 13.9. The Morgan fingerprint density at radius 3 is 2.52 bits per heavy atom. The zero-order valence-electron chi connectivity index (χ0n) is 12.7. The molecule has 0 radical (unpaired) electrons. The van der Waals surface area contributed by atoms with E-state index in [0.717, 1.165) is 5.56 Å². The maximum Gasteiger partial charge on any atom is 0.326 e. The van der Waals surface area contributed by atoms with Gasteiger partial charge in [0.2, 0.25) is 0 Å². The lowest BCUT2D eigenvalue weighted by atomic mass is 10.0. The van der Waals surface area contributed by atoms with E-state index in [1.807, 2.05) is 0 Å². The molecular weight excluding hydrogens is 319 g/mol. The fourth-order valence-corrected chi connectivity index (χ4v) is 2.81. The molecule has 1 heterocycles. The van der Waals surface area contributed by atoms with Crippen molar-refractivity contribution >= 4 is 23.2 Å². The summed E-state index contributed by atoms with van der Waals surface area (Å²) in [7, 11) is 0. The predicted molar refractivity (Wildman–Crippen MR) is 85.0 cm³/mol. The molecule has 1 aromatic heterocycles. The zero-order chi connectivity index (χ0) is 17.0. The van der Waals surface area contributed by atoms with Gasteiger partial charge in [-0.15, -0.1) is 11.3 Å². The summed E-state index contributed by atoms with van der Waals surface area (Å²) in [4.78, 5) is 27.4. The summed E-state index contributed by atoms with van der Waals surface area (Å²) in [6, 6.07) is 5.11. The lowest BCUT2D eigenvalue weighted by Crippen LogP contribution is -2.44. The van der Waals surface area contributed by atoms with Crippen LogP contribution in [0.15, 0.2) is 29.6 Å². The fraction of sp³-hybridized carbons (Fsp3) is 0.312. The first-order valence-electron chi connectivity index (χ1n) is 7.09. The summed E-state index contributed by atoms with van der Waals surface area (Å²) in [5.74, 6) is -2.11. The molecule has 0 saturated carbocycles. The van der Waals surface area contributed by atoms with Crippen LogP contribution in [0.2, 0.25) is 0 Å². The molecule has 0 saturated heterocycles. The molecule has 0 fully saturated rings. The number of benzene rings is 1. The van der Waals surface area contributed by atoms with Crippen LogP contribution in [0.25, 0.3) is 0 Å². The van der Waals surface area contributed by atoms with Crippen molar-refractivity contribution in [3.05, 3.63) is 51.7 Å². The van der Waals surface area contributed by atoms with E-state index in [0.29, 0.717) is 11.4 Å². The van der Waals surface area contributed by atoms with Crippen molar-refractivity contribution in [2.24, 2.45) is 5.92 Å². The van der Waals surface area contributed by atoms with Crippen LogP contribution in [0.4, 0.5) is 4.39 Å². The summed E-state index contributed by atoms with van der Waals surface area (Å²) in [5.41, 5.74) is 1.08. The number of hydrogen-bond donors (Lipinski definition) is 2. The number of nitrogens with one attached hydrogen (secondary N) is 1. The second kappa shape index (κ2) is 7.32. The Labute approximate surface area is 137 Å². The van der Waals surface area contributed by atoms with Crippen molar-refractivity contribution < 1.29 is 19.1 Å². The first kappa shape index (κ1) is 17.1. The number of carbonyl (C=O) groups excluding carboxylic acids is 1. The standard InChI is InChI=1S/C16H17FN2O3S/c1-9(2)14(16(21)22)19-15(20)12-8-23-13(18-12)7-10-3-5-11(17)6-4-10/h3-6,8-9,14H,7H2,1-2H3,(H,19,20)(H,21,22)/t14-/m0/s1. The van der Waals surface area contributed by atoms with E-state index in [1.165, 1.54) is 23.5 Å². The van der Waals surface area contributed by atoms with Gasteiger partial charge in [-0.1, -0.05) is 26.0 Å². The molecule has 7 heteroatoms. The highest BCUT2D eigenvalue weighted by atomic mass is 32.1. The topological polar surface area (TPSA) is 79.3 Å². The van der Waals surface area contributed by atoms with Crippen LogP contribution >= 0.6 is 11.3 Å². The number of amides is 1. The molecule has 1 atom stereocenters. The molecule has 0 spiro atoms. The molecule has 0 aliphatic heterocycles. The van der Waals surface area contributed by atoms with E-state index in [2.05, 4.69) is 10.3 Å². The first-order valence-corrected chi connectivity index (χ1v) is 7.97. The molecule has 5 nitrogen and oxygen atoms in total. The van der Waals surface area contributed by atoms with Gasteiger partial charge in [-0.2, -0.15) is 0 Å². The summed E-state index contributed by atoms with van der Waals surface area (Å²) >= 11 is 1.31. The van der Waals surface area contributed by atoms with Crippen molar-refractivity contribution in [1.82, 2.24) is 10.3 Å². The summed E-state index contributed by atoms with van der Waals surface area (Å²) in [6.07, 6.45) is 0.491.